The molecule has 4 N–H and O–H groups in total. The van der Waals surface area contributed by atoms with E-state index in [0.717, 1.165) is 11.2 Å². The fraction of sp³-hybridized carbons (Fsp3) is 0.125. The van der Waals surface area contributed by atoms with Crippen LogP contribution in [-0.4, -0.2) is 15.9 Å². The Balaban J connectivity index is 2.76. The Bertz CT molecular complexity index is 474. The Labute approximate surface area is 74.0 Å². The van der Waals surface area contributed by atoms with Gasteiger partial charge in [0.2, 0.25) is 0 Å². The average molecular weight is 177 g/mol. The molecule has 0 aromatic carbocycles. The number of carbonyl (C=O) groups is 1. The van der Waals surface area contributed by atoms with Crippen LogP contribution in [0.2, 0.25) is 0 Å². The van der Waals surface area contributed by atoms with Crippen LogP contribution in [0.1, 0.15) is 16.2 Å². The topological polar surface area (TPSA) is 85.9 Å². The molecule has 0 spiro atoms. The van der Waals surface area contributed by atoms with E-state index in [-0.39, 0.29) is 0 Å². The maximum absolute atomic E-state index is 10.9. The molecule has 2 heterocycles. The van der Waals surface area contributed by atoms with Gasteiger partial charge in [-0.2, -0.15) is 0 Å². The summed E-state index contributed by atoms with van der Waals surface area (Å²) >= 11 is 0. The molecule has 1 amide bonds. The predicted octanol–water partition coefficient (Wildman–Crippen LogP) is -0.216. The second kappa shape index (κ2) is 2.55. The van der Waals surface area contributed by atoms with Crippen molar-refractivity contribution in [3.05, 3.63) is 23.8 Å². The van der Waals surface area contributed by atoms with Gasteiger partial charge in [-0.15, -0.1) is 0 Å². The Morgan fingerprint density at radius 2 is 2.46 bits per heavy atom. The van der Waals surface area contributed by atoms with Crippen LogP contribution in [0.15, 0.2) is 12.4 Å². The molecule has 0 saturated heterocycles. The lowest BCUT2D eigenvalue weighted by atomic mass is 10.2. The van der Waals surface area contributed by atoms with Crippen molar-refractivity contribution in [2.45, 2.75) is 6.92 Å². The van der Waals surface area contributed by atoms with E-state index in [1.165, 1.54) is 0 Å². The van der Waals surface area contributed by atoms with Gasteiger partial charge in [0.25, 0.3) is 17.4 Å². The third-order valence-corrected chi connectivity index (χ3v) is 1.87. The van der Waals surface area contributed by atoms with Crippen molar-refractivity contribution < 1.29 is 9.78 Å². The molecule has 66 valence electrons. The molecule has 0 unspecified atom stereocenters. The Morgan fingerprint density at radius 3 is 3.15 bits per heavy atom. The summed E-state index contributed by atoms with van der Waals surface area (Å²) in [6.45, 7) is 1.84. The van der Waals surface area contributed by atoms with Gasteiger partial charge in [0.05, 0.1) is 10.9 Å². The molecular formula is C8H9N4O+. The lowest BCUT2D eigenvalue weighted by Gasteiger charge is -1.87. The van der Waals surface area contributed by atoms with Crippen LogP contribution in [0.5, 0.6) is 0 Å². The summed E-state index contributed by atoms with van der Waals surface area (Å²) in [5.74, 6) is 0.329. The minimum absolute atomic E-state index is 0.453. The summed E-state index contributed by atoms with van der Waals surface area (Å²) in [6.07, 6.45) is 3.28. The highest BCUT2D eigenvalue weighted by Gasteiger charge is 2.13. The zero-order valence-corrected chi connectivity index (χ0v) is 7.09. The Hall–Kier alpha value is -1.91. The van der Waals surface area contributed by atoms with Crippen molar-refractivity contribution in [2.75, 3.05) is 0 Å². The minimum atomic E-state index is -0.453. The van der Waals surface area contributed by atoms with E-state index >= 15 is 0 Å². The molecule has 0 aliphatic heterocycles. The first-order valence-electron chi connectivity index (χ1n) is 3.84. The molecule has 0 bridgehead atoms. The largest absolute Gasteiger partial charge is 0.366 e. The van der Waals surface area contributed by atoms with Gasteiger partial charge in [-0.05, 0) is 4.98 Å². The van der Waals surface area contributed by atoms with E-state index in [0.29, 0.717) is 11.2 Å². The van der Waals surface area contributed by atoms with E-state index in [1.54, 1.807) is 12.4 Å². The summed E-state index contributed by atoms with van der Waals surface area (Å²) in [5.41, 5.74) is 6.29. The first-order chi connectivity index (χ1) is 6.18. The number of aromatic amines is 2. The molecule has 2 rings (SSSR count). The fourth-order valence-electron chi connectivity index (χ4n) is 1.24. The molecule has 0 saturated carbocycles. The SMILES string of the molecule is Cc1nc2[nH]cc(C(N)=O)c2c[nH+]1. The highest BCUT2D eigenvalue weighted by molar-refractivity contribution is 6.04. The van der Waals surface area contributed by atoms with Gasteiger partial charge in [0.1, 0.15) is 6.20 Å². The molecule has 2 aromatic heterocycles. The first-order valence-corrected chi connectivity index (χ1v) is 3.84. The number of primary amides is 1. The number of aryl methyl sites for hydroxylation is 1. The molecule has 0 aliphatic rings. The number of rotatable bonds is 1. The number of carbonyl (C=O) groups excluding carboxylic acids is 1. The number of nitrogens with zero attached hydrogens (tertiary/aromatic N) is 1. The Kier molecular flexibility index (Phi) is 1.51. The lowest BCUT2D eigenvalue weighted by molar-refractivity contribution is -0.390. The normalized spacial score (nSPS) is 10.5. The smallest absolute Gasteiger partial charge is 0.295 e. The molecule has 5 nitrogen and oxygen atoms in total. The number of aromatic nitrogens is 3. The van der Waals surface area contributed by atoms with Crippen LogP contribution in [0, 0.1) is 6.92 Å². The van der Waals surface area contributed by atoms with E-state index in [4.69, 9.17) is 5.73 Å². The highest BCUT2D eigenvalue weighted by Crippen LogP contribution is 2.12. The average Bonchev–Trinajstić information content (AvgIpc) is 2.46. The number of hydrogen-bond donors (Lipinski definition) is 2. The van der Waals surface area contributed by atoms with Crippen molar-refractivity contribution in [1.82, 2.24) is 9.97 Å². The summed E-state index contributed by atoms with van der Waals surface area (Å²) in [7, 11) is 0. The quantitative estimate of drug-likeness (QED) is 0.631. The molecular weight excluding hydrogens is 168 g/mol. The molecule has 0 radical (unpaired) electrons. The third-order valence-electron chi connectivity index (χ3n) is 1.87. The van der Waals surface area contributed by atoms with E-state index in [9.17, 15) is 4.79 Å². The molecule has 2 aromatic rings. The van der Waals surface area contributed by atoms with Gasteiger partial charge in [0.15, 0.2) is 0 Å². The van der Waals surface area contributed by atoms with E-state index in [1.807, 2.05) is 6.92 Å². The molecule has 5 heteroatoms. The highest BCUT2D eigenvalue weighted by atomic mass is 16.1. The molecule has 13 heavy (non-hydrogen) atoms. The summed E-state index contributed by atoms with van der Waals surface area (Å²) in [4.78, 5) is 20.9. The summed E-state index contributed by atoms with van der Waals surface area (Å²) in [5, 5.41) is 0.720. The van der Waals surface area contributed by atoms with Crippen molar-refractivity contribution in [3.63, 3.8) is 0 Å². The van der Waals surface area contributed by atoms with E-state index < -0.39 is 5.91 Å². The zero-order chi connectivity index (χ0) is 9.42. The monoisotopic (exact) mass is 177 g/mol. The van der Waals surface area contributed by atoms with Crippen LogP contribution >= 0.6 is 0 Å². The number of nitrogens with two attached hydrogens (primary N) is 1. The van der Waals surface area contributed by atoms with Crippen LogP contribution in [-0.2, 0) is 0 Å². The standard InChI is InChI=1S/C8H8N4O/c1-4-10-3-6-5(7(9)13)2-11-8(6)12-4/h2-3H,1H3,(H2,9,13)(H,10,11,12)/p+1. The van der Waals surface area contributed by atoms with Gasteiger partial charge in [0, 0.05) is 13.1 Å². The second-order valence-electron chi connectivity index (χ2n) is 2.81. The zero-order valence-electron chi connectivity index (χ0n) is 7.09. The lowest BCUT2D eigenvalue weighted by Crippen LogP contribution is -2.12. The molecule has 0 fully saturated rings. The predicted molar refractivity (Wildman–Crippen MR) is 45.9 cm³/mol. The number of H-pyrrole nitrogens is 2. The maximum Gasteiger partial charge on any atom is 0.295 e. The minimum Gasteiger partial charge on any atom is -0.366 e. The number of nitrogens with one attached hydrogen (secondary N) is 2. The van der Waals surface area contributed by atoms with Crippen LogP contribution in [0.4, 0.5) is 0 Å². The van der Waals surface area contributed by atoms with Gasteiger partial charge in [-0.25, -0.2) is 4.98 Å². The first kappa shape index (κ1) is 7.72. The summed E-state index contributed by atoms with van der Waals surface area (Å²) < 4.78 is 0. The van der Waals surface area contributed by atoms with E-state index in [2.05, 4.69) is 15.0 Å². The third kappa shape index (κ3) is 1.14. The molecule has 0 aliphatic carbocycles. The van der Waals surface area contributed by atoms with Crippen molar-refractivity contribution in [1.29, 1.82) is 0 Å². The van der Waals surface area contributed by atoms with Crippen LogP contribution in [0.25, 0.3) is 11.0 Å². The number of fused-ring (bicyclic) bond motifs is 1. The number of hydrogen-bond acceptors (Lipinski definition) is 2. The maximum atomic E-state index is 10.9. The Morgan fingerprint density at radius 1 is 1.69 bits per heavy atom. The van der Waals surface area contributed by atoms with Gasteiger partial charge in [-0.1, -0.05) is 0 Å². The van der Waals surface area contributed by atoms with Crippen LogP contribution < -0.4 is 10.7 Å². The van der Waals surface area contributed by atoms with Gasteiger partial charge >= 0.3 is 0 Å². The summed E-state index contributed by atoms with van der Waals surface area (Å²) in [6, 6.07) is 0. The van der Waals surface area contributed by atoms with Gasteiger partial charge < -0.3 is 10.7 Å². The number of amides is 1. The fourth-order valence-corrected chi connectivity index (χ4v) is 1.24. The van der Waals surface area contributed by atoms with Gasteiger partial charge in [-0.3, -0.25) is 4.79 Å². The molecule has 0 atom stereocenters. The van der Waals surface area contributed by atoms with Crippen molar-refractivity contribution in [3.8, 4) is 0 Å². The van der Waals surface area contributed by atoms with Crippen LogP contribution in [0.3, 0.4) is 0 Å². The van der Waals surface area contributed by atoms with Crippen molar-refractivity contribution >= 4 is 16.9 Å². The second-order valence-corrected chi connectivity index (χ2v) is 2.81. The van der Waals surface area contributed by atoms with Crippen molar-refractivity contribution in [2.24, 2.45) is 5.73 Å².